The van der Waals surface area contributed by atoms with Crippen LogP contribution >= 0.6 is 0 Å². The van der Waals surface area contributed by atoms with Gasteiger partial charge in [-0.3, -0.25) is 9.69 Å². The fraction of sp³-hybridized carbons (Fsp3) is 0.562. The molecule has 0 radical (unpaired) electrons. The lowest BCUT2D eigenvalue weighted by molar-refractivity contribution is -0.122. The first-order valence-corrected chi connectivity index (χ1v) is 7.56. The van der Waals surface area contributed by atoms with Gasteiger partial charge in [-0.05, 0) is 25.5 Å². The number of para-hydroxylation sites is 2. The molecule has 1 heterocycles. The number of carbonyl (C=O) groups is 1. The van der Waals surface area contributed by atoms with Crippen LogP contribution in [-0.2, 0) is 9.53 Å². The van der Waals surface area contributed by atoms with Gasteiger partial charge in [-0.2, -0.15) is 0 Å². The van der Waals surface area contributed by atoms with Crippen molar-refractivity contribution in [2.75, 3.05) is 33.4 Å². The van der Waals surface area contributed by atoms with Crippen LogP contribution in [0.3, 0.4) is 0 Å². The summed E-state index contributed by atoms with van der Waals surface area (Å²) in [6, 6.07) is 7.28. The lowest BCUT2D eigenvalue weighted by Gasteiger charge is -2.21. The van der Waals surface area contributed by atoms with Gasteiger partial charge in [0.25, 0.3) is 0 Å². The Bertz CT molecular complexity index is 495. The monoisotopic (exact) mass is 308 g/mol. The maximum absolute atomic E-state index is 11.5. The quantitative estimate of drug-likeness (QED) is 0.777. The van der Waals surface area contributed by atoms with Crippen LogP contribution in [0, 0.1) is 0 Å². The van der Waals surface area contributed by atoms with E-state index in [-0.39, 0.29) is 18.1 Å². The van der Waals surface area contributed by atoms with E-state index in [1.165, 1.54) is 0 Å². The number of hydrogen-bond donors (Lipinski definition) is 1. The maximum Gasteiger partial charge on any atom is 0.234 e. The number of ether oxygens (including phenoxy) is 3. The molecule has 0 saturated carbocycles. The standard InChI is InChI=1S/C16H24N2O4/c1-3-21-14-6-4-5-7-15(14)22-9-8-18-11-12(20-2)10-13(18)16(17)19/h4-7,12-13H,3,8-11H2,1-2H3,(H2,17,19)/t12-,13-/m0/s1. The topological polar surface area (TPSA) is 74.0 Å². The van der Waals surface area contributed by atoms with E-state index in [0.29, 0.717) is 38.5 Å². The molecule has 1 aliphatic rings. The van der Waals surface area contributed by atoms with Crippen molar-refractivity contribution >= 4 is 5.91 Å². The number of hydrogen-bond acceptors (Lipinski definition) is 5. The van der Waals surface area contributed by atoms with Crippen molar-refractivity contribution in [3.05, 3.63) is 24.3 Å². The van der Waals surface area contributed by atoms with Crippen LogP contribution in [0.4, 0.5) is 0 Å². The molecule has 1 amide bonds. The third kappa shape index (κ3) is 4.11. The second kappa shape index (κ2) is 8.00. The fourth-order valence-electron chi connectivity index (χ4n) is 2.69. The normalized spacial score (nSPS) is 21.7. The predicted octanol–water partition coefficient (Wildman–Crippen LogP) is 1.04. The number of carbonyl (C=O) groups excluding carboxylic acids is 1. The van der Waals surface area contributed by atoms with E-state index in [9.17, 15) is 4.79 Å². The smallest absolute Gasteiger partial charge is 0.234 e. The summed E-state index contributed by atoms with van der Waals surface area (Å²) in [6.45, 7) is 4.30. The number of benzene rings is 1. The van der Waals surface area contributed by atoms with Gasteiger partial charge in [0.1, 0.15) is 6.61 Å². The lowest BCUT2D eigenvalue weighted by Crippen LogP contribution is -2.42. The third-order valence-corrected chi connectivity index (χ3v) is 3.81. The third-order valence-electron chi connectivity index (χ3n) is 3.81. The minimum absolute atomic E-state index is 0.0493. The first-order valence-electron chi connectivity index (χ1n) is 7.56. The van der Waals surface area contributed by atoms with Gasteiger partial charge in [-0.15, -0.1) is 0 Å². The summed E-state index contributed by atoms with van der Waals surface area (Å²) in [5, 5.41) is 0. The molecule has 1 fully saturated rings. The van der Waals surface area contributed by atoms with Gasteiger partial charge in [0.05, 0.1) is 18.8 Å². The molecule has 1 aromatic carbocycles. The van der Waals surface area contributed by atoms with E-state index >= 15 is 0 Å². The molecule has 2 rings (SSSR count). The van der Waals surface area contributed by atoms with Gasteiger partial charge < -0.3 is 19.9 Å². The Kier molecular flexibility index (Phi) is 6.03. The number of rotatable bonds is 8. The highest BCUT2D eigenvalue weighted by Gasteiger charge is 2.35. The Hall–Kier alpha value is -1.79. The van der Waals surface area contributed by atoms with Crippen molar-refractivity contribution in [2.45, 2.75) is 25.5 Å². The molecule has 6 nitrogen and oxygen atoms in total. The van der Waals surface area contributed by atoms with Gasteiger partial charge in [-0.1, -0.05) is 12.1 Å². The predicted molar refractivity (Wildman–Crippen MR) is 83.1 cm³/mol. The number of amides is 1. The zero-order valence-electron chi connectivity index (χ0n) is 13.2. The second-order valence-corrected chi connectivity index (χ2v) is 5.23. The minimum atomic E-state index is -0.311. The summed E-state index contributed by atoms with van der Waals surface area (Å²) in [5.41, 5.74) is 5.45. The molecule has 22 heavy (non-hydrogen) atoms. The SMILES string of the molecule is CCOc1ccccc1OCCN1C[C@@H](OC)C[C@H]1C(N)=O. The zero-order chi connectivity index (χ0) is 15.9. The van der Waals surface area contributed by atoms with Crippen LogP contribution < -0.4 is 15.2 Å². The van der Waals surface area contributed by atoms with E-state index in [1.807, 2.05) is 36.1 Å². The molecule has 1 saturated heterocycles. The van der Waals surface area contributed by atoms with Gasteiger partial charge in [0.2, 0.25) is 5.91 Å². The Morgan fingerprint density at radius 2 is 2.00 bits per heavy atom. The summed E-state index contributed by atoms with van der Waals surface area (Å²) < 4.78 is 16.6. The molecule has 0 spiro atoms. The number of methoxy groups -OCH3 is 1. The molecule has 122 valence electrons. The van der Waals surface area contributed by atoms with Crippen LogP contribution in [0.2, 0.25) is 0 Å². The highest BCUT2D eigenvalue weighted by Crippen LogP contribution is 2.26. The highest BCUT2D eigenvalue weighted by molar-refractivity contribution is 5.80. The van der Waals surface area contributed by atoms with Crippen molar-refractivity contribution in [1.29, 1.82) is 0 Å². The number of nitrogens with two attached hydrogens (primary N) is 1. The molecule has 0 unspecified atom stereocenters. The van der Waals surface area contributed by atoms with Crippen LogP contribution in [0.1, 0.15) is 13.3 Å². The van der Waals surface area contributed by atoms with Crippen LogP contribution in [-0.4, -0.2) is 56.4 Å². The largest absolute Gasteiger partial charge is 0.490 e. The number of nitrogens with zero attached hydrogens (tertiary/aromatic N) is 1. The Balaban J connectivity index is 1.89. The number of likely N-dealkylation sites (tertiary alicyclic amines) is 1. The van der Waals surface area contributed by atoms with Crippen LogP contribution in [0.25, 0.3) is 0 Å². The van der Waals surface area contributed by atoms with Gasteiger partial charge in [0.15, 0.2) is 11.5 Å². The fourth-order valence-corrected chi connectivity index (χ4v) is 2.69. The van der Waals surface area contributed by atoms with Crippen molar-refractivity contribution in [1.82, 2.24) is 4.90 Å². The highest BCUT2D eigenvalue weighted by atomic mass is 16.5. The van der Waals surface area contributed by atoms with Crippen molar-refractivity contribution in [2.24, 2.45) is 5.73 Å². The van der Waals surface area contributed by atoms with Gasteiger partial charge >= 0.3 is 0 Å². The second-order valence-electron chi connectivity index (χ2n) is 5.23. The molecule has 0 aliphatic carbocycles. The lowest BCUT2D eigenvalue weighted by atomic mass is 10.2. The van der Waals surface area contributed by atoms with Crippen molar-refractivity contribution in [3.8, 4) is 11.5 Å². The molecule has 1 aliphatic heterocycles. The Morgan fingerprint density at radius 1 is 1.32 bits per heavy atom. The summed E-state index contributed by atoms with van der Waals surface area (Å²) in [7, 11) is 1.65. The molecule has 2 atom stereocenters. The Morgan fingerprint density at radius 3 is 2.59 bits per heavy atom. The van der Waals surface area contributed by atoms with E-state index in [1.54, 1.807) is 7.11 Å². The minimum Gasteiger partial charge on any atom is -0.490 e. The zero-order valence-corrected chi connectivity index (χ0v) is 13.2. The van der Waals surface area contributed by atoms with Crippen molar-refractivity contribution in [3.63, 3.8) is 0 Å². The summed E-state index contributed by atoms with van der Waals surface area (Å²) in [5.74, 6) is 1.13. The Labute approximate surface area is 131 Å². The first-order chi connectivity index (χ1) is 10.7. The summed E-state index contributed by atoms with van der Waals surface area (Å²) in [6.07, 6.45) is 0.690. The summed E-state index contributed by atoms with van der Waals surface area (Å²) in [4.78, 5) is 13.5. The van der Waals surface area contributed by atoms with Crippen LogP contribution in [0.15, 0.2) is 24.3 Å². The average Bonchev–Trinajstić information content (AvgIpc) is 2.93. The van der Waals surface area contributed by atoms with E-state index in [4.69, 9.17) is 19.9 Å². The van der Waals surface area contributed by atoms with Crippen LogP contribution in [0.5, 0.6) is 11.5 Å². The molecule has 0 bridgehead atoms. The first kappa shape index (κ1) is 16.6. The molecular weight excluding hydrogens is 284 g/mol. The van der Waals surface area contributed by atoms with Gasteiger partial charge in [-0.25, -0.2) is 0 Å². The molecule has 1 aromatic rings. The van der Waals surface area contributed by atoms with Gasteiger partial charge in [0, 0.05) is 20.2 Å². The van der Waals surface area contributed by atoms with E-state index < -0.39 is 0 Å². The van der Waals surface area contributed by atoms with E-state index in [2.05, 4.69) is 0 Å². The molecule has 6 heteroatoms. The number of primary amides is 1. The molecule has 0 aromatic heterocycles. The molecule has 2 N–H and O–H groups in total. The summed E-state index contributed by atoms with van der Waals surface area (Å²) >= 11 is 0. The molecular formula is C16H24N2O4. The average molecular weight is 308 g/mol. The van der Waals surface area contributed by atoms with Crippen molar-refractivity contribution < 1.29 is 19.0 Å². The van der Waals surface area contributed by atoms with E-state index in [0.717, 1.165) is 5.75 Å². The maximum atomic E-state index is 11.5.